The quantitative estimate of drug-likeness (QED) is 0.726. The number of hydrogen-bond acceptors (Lipinski definition) is 2. The Morgan fingerprint density at radius 1 is 1.46 bits per heavy atom. The largest absolute Gasteiger partial charge is 0.465 e. The molecule has 0 fully saturated rings. The average Bonchev–Trinajstić information content (AvgIpc) is 2.04. The zero-order valence-corrected chi connectivity index (χ0v) is 7.61. The van der Waals surface area contributed by atoms with Gasteiger partial charge in [-0.15, -0.1) is 0 Å². The lowest BCUT2D eigenvalue weighted by Crippen LogP contribution is -2.39. The van der Waals surface area contributed by atoms with E-state index in [0.717, 1.165) is 5.56 Å². The van der Waals surface area contributed by atoms with Crippen molar-refractivity contribution in [3.8, 4) is 0 Å². The minimum Gasteiger partial charge on any atom is -0.465 e. The summed E-state index contributed by atoms with van der Waals surface area (Å²) in [5.41, 5.74) is 0.319. The lowest BCUT2D eigenvalue weighted by molar-refractivity contribution is 0.182. The molecule has 0 spiro atoms. The number of amides is 1. The van der Waals surface area contributed by atoms with E-state index in [1.807, 2.05) is 0 Å². The SMILES string of the molecule is CC(C)(NC(=O)O)c1ccncc1. The van der Waals surface area contributed by atoms with E-state index >= 15 is 0 Å². The zero-order valence-electron chi connectivity index (χ0n) is 7.61. The molecule has 0 bridgehead atoms. The molecule has 1 heterocycles. The van der Waals surface area contributed by atoms with Gasteiger partial charge in [-0.25, -0.2) is 4.79 Å². The number of rotatable bonds is 2. The van der Waals surface area contributed by atoms with Gasteiger partial charge in [-0.3, -0.25) is 4.98 Å². The van der Waals surface area contributed by atoms with Crippen LogP contribution in [-0.2, 0) is 5.54 Å². The van der Waals surface area contributed by atoms with Crippen LogP contribution in [-0.4, -0.2) is 16.2 Å². The van der Waals surface area contributed by atoms with E-state index in [2.05, 4.69) is 10.3 Å². The molecule has 70 valence electrons. The van der Waals surface area contributed by atoms with Crippen LogP contribution in [0.15, 0.2) is 24.5 Å². The predicted molar refractivity (Wildman–Crippen MR) is 48.4 cm³/mol. The summed E-state index contributed by atoms with van der Waals surface area (Å²) in [6.07, 6.45) is 2.25. The highest BCUT2D eigenvalue weighted by Gasteiger charge is 2.21. The Hall–Kier alpha value is -1.58. The van der Waals surface area contributed by atoms with Gasteiger partial charge in [0.25, 0.3) is 0 Å². The average molecular weight is 180 g/mol. The maximum absolute atomic E-state index is 10.5. The Bertz CT molecular complexity index is 296. The number of carboxylic acid groups (broad SMARTS) is 1. The zero-order chi connectivity index (χ0) is 9.90. The molecule has 1 rings (SSSR count). The minimum absolute atomic E-state index is 0.575. The fourth-order valence-electron chi connectivity index (χ4n) is 1.11. The van der Waals surface area contributed by atoms with Gasteiger partial charge in [-0.2, -0.15) is 0 Å². The summed E-state index contributed by atoms with van der Waals surface area (Å²) in [6.45, 7) is 3.60. The van der Waals surface area contributed by atoms with Gasteiger partial charge in [0, 0.05) is 12.4 Å². The Labute approximate surface area is 76.6 Å². The molecule has 0 saturated heterocycles. The lowest BCUT2D eigenvalue weighted by atomic mass is 9.96. The molecular weight excluding hydrogens is 168 g/mol. The van der Waals surface area contributed by atoms with Crippen molar-refractivity contribution in [1.29, 1.82) is 0 Å². The standard InChI is InChI=1S/C9H12N2O2/c1-9(2,11-8(12)13)7-3-5-10-6-4-7/h3-6,11H,1-2H3,(H,12,13). The summed E-state index contributed by atoms with van der Waals surface area (Å²) < 4.78 is 0. The van der Waals surface area contributed by atoms with Crippen molar-refractivity contribution < 1.29 is 9.90 Å². The number of hydrogen-bond donors (Lipinski definition) is 2. The second-order valence-corrected chi connectivity index (χ2v) is 3.29. The molecule has 0 aliphatic carbocycles. The van der Waals surface area contributed by atoms with Crippen molar-refractivity contribution in [1.82, 2.24) is 10.3 Å². The van der Waals surface area contributed by atoms with Crippen LogP contribution >= 0.6 is 0 Å². The van der Waals surface area contributed by atoms with Crippen LogP contribution in [0.1, 0.15) is 19.4 Å². The third kappa shape index (κ3) is 2.43. The van der Waals surface area contributed by atoms with E-state index in [9.17, 15) is 4.79 Å². The van der Waals surface area contributed by atoms with Crippen molar-refractivity contribution in [2.24, 2.45) is 0 Å². The molecule has 4 nitrogen and oxygen atoms in total. The summed E-state index contributed by atoms with van der Waals surface area (Å²) in [4.78, 5) is 14.3. The molecular formula is C9H12N2O2. The Morgan fingerprint density at radius 3 is 2.46 bits per heavy atom. The lowest BCUT2D eigenvalue weighted by Gasteiger charge is -2.24. The summed E-state index contributed by atoms with van der Waals surface area (Å²) in [5.74, 6) is 0. The summed E-state index contributed by atoms with van der Waals surface area (Å²) >= 11 is 0. The Kier molecular flexibility index (Phi) is 2.51. The highest BCUT2D eigenvalue weighted by atomic mass is 16.4. The molecule has 2 N–H and O–H groups in total. The fourth-order valence-corrected chi connectivity index (χ4v) is 1.11. The number of nitrogens with zero attached hydrogens (tertiary/aromatic N) is 1. The highest BCUT2D eigenvalue weighted by molar-refractivity contribution is 5.65. The molecule has 1 aromatic rings. The summed E-state index contributed by atoms with van der Waals surface area (Å²) in [6, 6.07) is 3.58. The first-order valence-electron chi connectivity index (χ1n) is 3.94. The molecule has 0 aromatic carbocycles. The summed E-state index contributed by atoms with van der Waals surface area (Å²) in [7, 11) is 0. The molecule has 1 amide bonds. The predicted octanol–water partition coefficient (Wildman–Crippen LogP) is 1.58. The first-order chi connectivity index (χ1) is 6.02. The number of carbonyl (C=O) groups is 1. The first kappa shape index (κ1) is 9.51. The van der Waals surface area contributed by atoms with E-state index in [1.54, 1.807) is 38.4 Å². The van der Waals surface area contributed by atoms with Gasteiger partial charge in [0.15, 0.2) is 0 Å². The minimum atomic E-state index is -1.03. The Balaban J connectivity index is 2.87. The molecule has 0 radical (unpaired) electrons. The highest BCUT2D eigenvalue weighted by Crippen LogP contribution is 2.18. The van der Waals surface area contributed by atoms with Gasteiger partial charge < -0.3 is 10.4 Å². The van der Waals surface area contributed by atoms with Gasteiger partial charge in [0.05, 0.1) is 5.54 Å². The molecule has 0 saturated carbocycles. The number of nitrogens with one attached hydrogen (secondary N) is 1. The number of pyridine rings is 1. The van der Waals surface area contributed by atoms with Gasteiger partial charge in [0.1, 0.15) is 0 Å². The van der Waals surface area contributed by atoms with Crippen LogP contribution in [0.5, 0.6) is 0 Å². The van der Waals surface area contributed by atoms with E-state index in [-0.39, 0.29) is 0 Å². The van der Waals surface area contributed by atoms with Crippen molar-refractivity contribution in [3.63, 3.8) is 0 Å². The van der Waals surface area contributed by atoms with Crippen LogP contribution in [0.3, 0.4) is 0 Å². The molecule has 0 aliphatic heterocycles. The third-order valence-electron chi connectivity index (χ3n) is 1.82. The van der Waals surface area contributed by atoms with Crippen LogP contribution < -0.4 is 5.32 Å². The van der Waals surface area contributed by atoms with Crippen LogP contribution in [0.2, 0.25) is 0 Å². The topological polar surface area (TPSA) is 62.2 Å². The molecule has 0 unspecified atom stereocenters. The molecule has 13 heavy (non-hydrogen) atoms. The second-order valence-electron chi connectivity index (χ2n) is 3.29. The Morgan fingerprint density at radius 2 is 2.00 bits per heavy atom. The van der Waals surface area contributed by atoms with E-state index < -0.39 is 11.6 Å². The second kappa shape index (κ2) is 3.43. The molecule has 0 aliphatic rings. The van der Waals surface area contributed by atoms with Gasteiger partial charge in [-0.05, 0) is 31.5 Å². The third-order valence-corrected chi connectivity index (χ3v) is 1.82. The van der Waals surface area contributed by atoms with Gasteiger partial charge in [0.2, 0.25) is 0 Å². The molecule has 0 atom stereocenters. The van der Waals surface area contributed by atoms with Crippen LogP contribution in [0, 0.1) is 0 Å². The molecule has 1 aromatic heterocycles. The first-order valence-corrected chi connectivity index (χ1v) is 3.94. The van der Waals surface area contributed by atoms with Crippen molar-refractivity contribution in [2.45, 2.75) is 19.4 Å². The van der Waals surface area contributed by atoms with Gasteiger partial charge in [-0.1, -0.05) is 0 Å². The smallest absolute Gasteiger partial charge is 0.405 e. The maximum Gasteiger partial charge on any atom is 0.405 e. The van der Waals surface area contributed by atoms with E-state index in [4.69, 9.17) is 5.11 Å². The van der Waals surface area contributed by atoms with Crippen LogP contribution in [0.25, 0.3) is 0 Å². The van der Waals surface area contributed by atoms with Crippen molar-refractivity contribution in [3.05, 3.63) is 30.1 Å². The van der Waals surface area contributed by atoms with E-state index in [1.165, 1.54) is 0 Å². The van der Waals surface area contributed by atoms with Crippen LogP contribution in [0.4, 0.5) is 4.79 Å². The molecule has 4 heteroatoms. The van der Waals surface area contributed by atoms with Crippen molar-refractivity contribution in [2.75, 3.05) is 0 Å². The van der Waals surface area contributed by atoms with E-state index in [0.29, 0.717) is 0 Å². The van der Waals surface area contributed by atoms with Crippen molar-refractivity contribution >= 4 is 6.09 Å². The fraction of sp³-hybridized carbons (Fsp3) is 0.333. The van der Waals surface area contributed by atoms with Gasteiger partial charge >= 0.3 is 6.09 Å². The number of aromatic nitrogens is 1. The summed E-state index contributed by atoms with van der Waals surface area (Å²) in [5, 5.41) is 11.0. The monoisotopic (exact) mass is 180 g/mol. The maximum atomic E-state index is 10.5. The normalized spacial score (nSPS) is 10.9.